The van der Waals surface area contributed by atoms with Gasteiger partial charge in [-0.25, -0.2) is 0 Å². The summed E-state index contributed by atoms with van der Waals surface area (Å²) in [5.41, 5.74) is 1.76. The summed E-state index contributed by atoms with van der Waals surface area (Å²) < 4.78 is 5.97. The minimum atomic E-state index is -0.874. The number of H-pyrrole nitrogens is 1. The van der Waals surface area contributed by atoms with E-state index in [9.17, 15) is 4.79 Å². The van der Waals surface area contributed by atoms with Gasteiger partial charge in [0.1, 0.15) is 6.61 Å². The van der Waals surface area contributed by atoms with Crippen molar-refractivity contribution in [2.45, 2.75) is 6.42 Å². The van der Waals surface area contributed by atoms with E-state index < -0.39 is 5.97 Å². The highest BCUT2D eigenvalue weighted by Crippen LogP contribution is 2.24. The Kier molecular flexibility index (Phi) is 4.55. The van der Waals surface area contributed by atoms with Crippen LogP contribution in [0.15, 0.2) is 23.1 Å². The number of fused-ring (bicyclic) bond motifs is 1. The Labute approximate surface area is 118 Å². The van der Waals surface area contributed by atoms with Crippen molar-refractivity contribution in [2.24, 2.45) is 0 Å². The number of pyridine rings is 1. The molecule has 0 aromatic carbocycles. The van der Waals surface area contributed by atoms with Crippen LogP contribution in [-0.2, 0) is 9.53 Å². The van der Waals surface area contributed by atoms with Crippen LogP contribution in [0.2, 0.25) is 0 Å². The number of carbonyl (C=O) groups is 1. The standard InChI is InChI=1S/C13H11BrN2O3/c14-10-7-15-8-11-13(10)9(6-16-11)2-1-4-19-5-3-12(17)18/h6-8,16H,3-5H2,(H,17,18). The molecule has 0 aliphatic rings. The third-order valence-electron chi connectivity index (χ3n) is 2.40. The summed E-state index contributed by atoms with van der Waals surface area (Å²) in [4.78, 5) is 17.4. The Balaban J connectivity index is 2.00. The highest BCUT2D eigenvalue weighted by atomic mass is 79.9. The number of hydrogen-bond acceptors (Lipinski definition) is 3. The number of aromatic amines is 1. The van der Waals surface area contributed by atoms with E-state index in [0.717, 1.165) is 20.9 Å². The molecule has 2 N–H and O–H groups in total. The Bertz CT molecular complexity index is 655. The SMILES string of the molecule is O=C(O)CCOCC#Cc1c[nH]c2cncc(Br)c12. The molecule has 0 saturated carbocycles. The zero-order valence-electron chi connectivity index (χ0n) is 9.94. The van der Waals surface area contributed by atoms with E-state index in [1.807, 2.05) is 0 Å². The molecule has 0 fully saturated rings. The fourth-order valence-corrected chi connectivity index (χ4v) is 2.10. The van der Waals surface area contributed by atoms with E-state index >= 15 is 0 Å². The molecule has 0 unspecified atom stereocenters. The van der Waals surface area contributed by atoms with E-state index in [1.165, 1.54) is 0 Å². The summed E-state index contributed by atoms with van der Waals surface area (Å²) in [6, 6.07) is 0. The molecule has 0 bridgehead atoms. The molecule has 2 aromatic rings. The maximum atomic E-state index is 10.3. The van der Waals surface area contributed by atoms with Gasteiger partial charge < -0.3 is 14.8 Å². The largest absolute Gasteiger partial charge is 0.481 e. The van der Waals surface area contributed by atoms with E-state index in [2.05, 4.69) is 37.7 Å². The van der Waals surface area contributed by atoms with Crippen LogP contribution < -0.4 is 0 Å². The fourth-order valence-electron chi connectivity index (χ4n) is 1.55. The number of hydrogen-bond donors (Lipinski definition) is 2. The van der Waals surface area contributed by atoms with Gasteiger partial charge in [-0.05, 0) is 15.9 Å². The van der Waals surface area contributed by atoms with E-state index in [1.54, 1.807) is 18.6 Å². The van der Waals surface area contributed by atoms with Crippen LogP contribution in [0.4, 0.5) is 0 Å². The number of carboxylic acid groups (broad SMARTS) is 1. The zero-order chi connectivity index (χ0) is 13.7. The topological polar surface area (TPSA) is 75.2 Å². The molecule has 0 spiro atoms. The predicted molar refractivity (Wildman–Crippen MR) is 73.7 cm³/mol. The van der Waals surface area contributed by atoms with Crippen molar-refractivity contribution in [2.75, 3.05) is 13.2 Å². The minimum Gasteiger partial charge on any atom is -0.481 e. The van der Waals surface area contributed by atoms with E-state index in [4.69, 9.17) is 9.84 Å². The molecule has 5 nitrogen and oxygen atoms in total. The quantitative estimate of drug-likeness (QED) is 0.668. The van der Waals surface area contributed by atoms with E-state index in [-0.39, 0.29) is 19.6 Å². The van der Waals surface area contributed by atoms with Gasteiger partial charge in [-0.1, -0.05) is 11.8 Å². The second-order valence-electron chi connectivity index (χ2n) is 3.74. The Morgan fingerprint density at radius 1 is 1.53 bits per heavy atom. The number of nitrogens with zero attached hydrogens (tertiary/aromatic N) is 1. The summed E-state index contributed by atoms with van der Waals surface area (Å²) in [7, 11) is 0. The molecule has 0 aliphatic heterocycles. The lowest BCUT2D eigenvalue weighted by atomic mass is 10.2. The molecular formula is C13H11BrN2O3. The number of carboxylic acids is 1. The van der Waals surface area contributed by atoms with Gasteiger partial charge in [0.05, 0.1) is 30.3 Å². The lowest BCUT2D eigenvalue weighted by molar-refractivity contribution is -0.138. The molecule has 0 radical (unpaired) electrons. The molecule has 98 valence electrons. The van der Waals surface area contributed by atoms with Crippen molar-refractivity contribution in [3.63, 3.8) is 0 Å². The number of aromatic nitrogens is 2. The summed E-state index contributed by atoms with van der Waals surface area (Å²) >= 11 is 3.43. The Morgan fingerprint density at radius 2 is 2.37 bits per heavy atom. The van der Waals surface area contributed by atoms with Crippen LogP contribution in [0, 0.1) is 11.8 Å². The molecule has 0 amide bonds. The predicted octanol–water partition coefficient (Wildman–Crippen LogP) is 2.17. The number of aliphatic carboxylic acids is 1. The lowest BCUT2D eigenvalue weighted by Crippen LogP contribution is -2.02. The molecule has 2 aromatic heterocycles. The zero-order valence-corrected chi connectivity index (χ0v) is 11.5. The van der Waals surface area contributed by atoms with Crippen LogP contribution in [0.3, 0.4) is 0 Å². The van der Waals surface area contributed by atoms with Gasteiger partial charge in [0, 0.05) is 22.3 Å². The fraction of sp³-hybridized carbons (Fsp3) is 0.231. The smallest absolute Gasteiger partial charge is 0.305 e. The molecule has 6 heteroatoms. The van der Waals surface area contributed by atoms with Crippen molar-refractivity contribution in [3.05, 3.63) is 28.6 Å². The van der Waals surface area contributed by atoms with Crippen LogP contribution in [0.5, 0.6) is 0 Å². The van der Waals surface area contributed by atoms with Crippen LogP contribution in [-0.4, -0.2) is 34.3 Å². The van der Waals surface area contributed by atoms with Gasteiger partial charge in [-0.15, -0.1) is 0 Å². The first-order valence-electron chi connectivity index (χ1n) is 5.57. The number of ether oxygens (including phenoxy) is 1. The Morgan fingerprint density at radius 3 is 3.16 bits per heavy atom. The summed E-state index contributed by atoms with van der Waals surface area (Å²) in [5.74, 6) is 4.97. The third-order valence-corrected chi connectivity index (χ3v) is 3.00. The average molecular weight is 323 g/mol. The molecular weight excluding hydrogens is 312 g/mol. The minimum absolute atomic E-state index is 0.00795. The first-order valence-corrected chi connectivity index (χ1v) is 6.37. The summed E-state index contributed by atoms with van der Waals surface area (Å²) in [6.07, 6.45) is 5.24. The van der Waals surface area contributed by atoms with Gasteiger partial charge >= 0.3 is 5.97 Å². The third kappa shape index (κ3) is 3.56. The summed E-state index contributed by atoms with van der Waals surface area (Å²) in [6.45, 7) is 0.383. The van der Waals surface area contributed by atoms with Crippen molar-refractivity contribution < 1.29 is 14.6 Å². The highest BCUT2D eigenvalue weighted by molar-refractivity contribution is 9.10. The first-order chi connectivity index (χ1) is 9.18. The second-order valence-corrected chi connectivity index (χ2v) is 4.60. The molecule has 0 atom stereocenters. The molecule has 2 rings (SSSR count). The van der Waals surface area contributed by atoms with Crippen LogP contribution in [0.25, 0.3) is 10.9 Å². The number of halogens is 1. The average Bonchev–Trinajstić information content (AvgIpc) is 2.78. The van der Waals surface area contributed by atoms with Gasteiger partial charge in [0.25, 0.3) is 0 Å². The first kappa shape index (κ1) is 13.6. The van der Waals surface area contributed by atoms with Crippen LogP contribution >= 0.6 is 15.9 Å². The maximum absolute atomic E-state index is 10.3. The van der Waals surface area contributed by atoms with Gasteiger partial charge in [-0.3, -0.25) is 9.78 Å². The number of nitrogens with one attached hydrogen (secondary N) is 1. The maximum Gasteiger partial charge on any atom is 0.305 e. The monoisotopic (exact) mass is 322 g/mol. The van der Waals surface area contributed by atoms with Crippen molar-refractivity contribution in [3.8, 4) is 11.8 Å². The van der Waals surface area contributed by atoms with Gasteiger partial charge in [-0.2, -0.15) is 0 Å². The van der Waals surface area contributed by atoms with Crippen molar-refractivity contribution in [1.82, 2.24) is 9.97 Å². The lowest BCUT2D eigenvalue weighted by Gasteiger charge is -1.95. The van der Waals surface area contributed by atoms with Gasteiger partial charge in [0.2, 0.25) is 0 Å². The highest BCUT2D eigenvalue weighted by Gasteiger charge is 2.04. The van der Waals surface area contributed by atoms with Crippen molar-refractivity contribution in [1.29, 1.82) is 0 Å². The summed E-state index contributed by atoms with van der Waals surface area (Å²) in [5, 5.41) is 9.42. The van der Waals surface area contributed by atoms with Crippen LogP contribution in [0.1, 0.15) is 12.0 Å². The normalized spacial score (nSPS) is 10.2. The molecule has 0 aliphatic carbocycles. The van der Waals surface area contributed by atoms with E-state index in [0.29, 0.717) is 0 Å². The van der Waals surface area contributed by atoms with Gasteiger partial charge in [0.15, 0.2) is 0 Å². The molecule has 0 saturated heterocycles. The second kappa shape index (κ2) is 6.36. The molecule has 2 heterocycles. The number of rotatable bonds is 4. The van der Waals surface area contributed by atoms with Crippen molar-refractivity contribution >= 4 is 32.8 Å². The Hall–Kier alpha value is -1.84. The molecule has 19 heavy (non-hydrogen) atoms.